The fourth-order valence-corrected chi connectivity index (χ4v) is 3.93. The molecule has 3 heterocycles. The van der Waals surface area contributed by atoms with Crippen LogP contribution < -0.4 is 16.0 Å². The highest BCUT2D eigenvalue weighted by molar-refractivity contribution is 7.18. The Labute approximate surface area is 131 Å². The van der Waals surface area contributed by atoms with Crippen molar-refractivity contribution in [2.75, 3.05) is 23.7 Å². The number of hydrogen-bond acceptors (Lipinski definition) is 7. The molecule has 1 fully saturated rings. The van der Waals surface area contributed by atoms with Crippen LogP contribution in [0.25, 0.3) is 0 Å². The van der Waals surface area contributed by atoms with E-state index in [0.717, 1.165) is 28.1 Å². The molecule has 0 bridgehead atoms. The van der Waals surface area contributed by atoms with E-state index >= 15 is 0 Å². The summed E-state index contributed by atoms with van der Waals surface area (Å²) in [4.78, 5) is 24.6. The van der Waals surface area contributed by atoms with Gasteiger partial charge in [-0.3, -0.25) is 4.79 Å². The van der Waals surface area contributed by atoms with E-state index in [9.17, 15) is 4.79 Å². The van der Waals surface area contributed by atoms with Gasteiger partial charge in [0, 0.05) is 24.2 Å². The van der Waals surface area contributed by atoms with E-state index in [1.165, 1.54) is 24.2 Å². The van der Waals surface area contributed by atoms with Gasteiger partial charge in [-0.25, -0.2) is 9.97 Å². The van der Waals surface area contributed by atoms with Crippen LogP contribution in [0.3, 0.4) is 0 Å². The first-order valence-corrected chi connectivity index (χ1v) is 8.47. The molecule has 1 saturated heterocycles. The Morgan fingerprint density at radius 2 is 2.19 bits per heavy atom. The van der Waals surface area contributed by atoms with Crippen molar-refractivity contribution in [3.8, 4) is 0 Å². The van der Waals surface area contributed by atoms with Gasteiger partial charge in [-0.1, -0.05) is 11.3 Å². The number of carbonyl (C=O) groups is 1. The van der Waals surface area contributed by atoms with Gasteiger partial charge in [-0.2, -0.15) is 0 Å². The van der Waals surface area contributed by atoms with Gasteiger partial charge in [-0.15, -0.1) is 11.3 Å². The van der Waals surface area contributed by atoms with Crippen molar-refractivity contribution in [3.63, 3.8) is 0 Å². The fourth-order valence-electron chi connectivity index (χ4n) is 2.25. The minimum Gasteiger partial charge on any atom is -0.382 e. The molecule has 0 spiro atoms. The zero-order valence-corrected chi connectivity index (χ0v) is 13.4. The number of nitrogens with zero attached hydrogens (tertiary/aromatic N) is 3. The average Bonchev–Trinajstić information content (AvgIpc) is 3.16. The molecule has 3 N–H and O–H groups in total. The van der Waals surface area contributed by atoms with Crippen LogP contribution >= 0.6 is 22.7 Å². The number of aryl methyl sites for hydroxylation is 1. The van der Waals surface area contributed by atoms with Crippen molar-refractivity contribution in [2.45, 2.75) is 26.3 Å². The standard InChI is InChI=1S/C13H17N5OS2/c1-8-6-15-9(20-8)7-16-12(19)10-11(14)17-13(21-10)18-4-2-3-5-18/h6H,2-5,7,14H2,1H3,(H,16,19). The molecular formula is C13H17N5OS2. The van der Waals surface area contributed by atoms with E-state index in [1.807, 2.05) is 6.92 Å². The summed E-state index contributed by atoms with van der Waals surface area (Å²) < 4.78 is 0. The van der Waals surface area contributed by atoms with Gasteiger partial charge in [0.2, 0.25) is 0 Å². The van der Waals surface area contributed by atoms with Crippen molar-refractivity contribution in [1.82, 2.24) is 15.3 Å². The quantitative estimate of drug-likeness (QED) is 0.899. The Hall–Kier alpha value is -1.67. The molecule has 2 aromatic rings. The molecule has 1 aliphatic heterocycles. The molecule has 0 radical (unpaired) electrons. The molecule has 0 aromatic carbocycles. The van der Waals surface area contributed by atoms with Gasteiger partial charge >= 0.3 is 0 Å². The number of amides is 1. The predicted molar refractivity (Wildman–Crippen MR) is 86.0 cm³/mol. The summed E-state index contributed by atoms with van der Waals surface area (Å²) in [6.07, 6.45) is 4.15. The largest absolute Gasteiger partial charge is 0.382 e. The second kappa shape index (κ2) is 5.98. The third-order valence-electron chi connectivity index (χ3n) is 3.29. The number of carbonyl (C=O) groups excluding carboxylic acids is 1. The smallest absolute Gasteiger partial charge is 0.265 e. The van der Waals surface area contributed by atoms with Gasteiger partial charge < -0.3 is 16.0 Å². The Balaban J connectivity index is 1.66. The summed E-state index contributed by atoms with van der Waals surface area (Å²) in [7, 11) is 0. The highest BCUT2D eigenvalue weighted by atomic mass is 32.1. The number of rotatable bonds is 4. The first-order valence-electron chi connectivity index (χ1n) is 6.84. The maximum Gasteiger partial charge on any atom is 0.265 e. The summed E-state index contributed by atoms with van der Waals surface area (Å²) >= 11 is 2.94. The van der Waals surface area contributed by atoms with E-state index < -0.39 is 0 Å². The van der Waals surface area contributed by atoms with Crippen LogP contribution in [0.5, 0.6) is 0 Å². The maximum atomic E-state index is 12.2. The van der Waals surface area contributed by atoms with Crippen LogP contribution in [0.15, 0.2) is 6.20 Å². The van der Waals surface area contributed by atoms with Gasteiger partial charge in [0.15, 0.2) is 5.13 Å². The second-order valence-corrected chi connectivity index (χ2v) is 7.25. The molecule has 2 aromatic heterocycles. The fraction of sp³-hybridized carbons (Fsp3) is 0.462. The van der Waals surface area contributed by atoms with Crippen LogP contribution in [-0.4, -0.2) is 29.0 Å². The lowest BCUT2D eigenvalue weighted by Crippen LogP contribution is -2.22. The highest BCUT2D eigenvalue weighted by Gasteiger charge is 2.21. The molecule has 21 heavy (non-hydrogen) atoms. The molecule has 0 saturated carbocycles. The Morgan fingerprint density at radius 3 is 2.86 bits per heavy atom. The maximum absolute atomic E-state index is 12.2. The Kier molecular flexibility index (Phi) is 4.07. The number of anilines is 2. The molecule has 1 aliphatic rings. The van der Waals surface area contributed by atoms with E-state index in [1.54, 1.807) is 17.5 Å². The minimum atomic E-state index is -0.178. The summed E-state index contributed by atoms with van der Waals surface area (Å²) in [6, 6.07) is 0. The molecule has 1 amide bonds. The lowest BCUT2D eigenvalue weighted by molar-refractivity contribution is 0.0955. The number of nitrogens with two attached hydrogens (primary N) is 1. The molecule has 112 valence electrons. The summed E-state index contributed by atoms with van der Waals surface area (Å²) in [6.45, 7) is 4.40. The van der Waals surface area contributed by atoms with Crippen molar-refractivity contribution in [1.29, 1.82) is 0 Å². The summed E-state index contributed by atoms with van der Waals surface area (Å²) in [5, 5.41) is 4.59. The Morgan fingerprint density at radius 1 is 1.43 bits per heavy atom. The van der Waals surface area contributed by atoms with Gasteiger partial charge in [0.05, 0.1) is 6.54 Å². The lowest BCUT2D eigenvalue weighted by Gasteiger charge is -2.11. The van der Waals surface area contributed by atoms with Crippen molar-refractivity contribution in [2.24, 2.45) is 0 Å². The van der Waals surface area contributed by atoms with Crippen LogP contribution in [0.2, 0.25) is 0 Å². The van der Waals surface area contributed by atoms with Crippen LogP contribution in [-0.2, 0) is 6.54 Å². The molecule has 0 aliphatic carbocycles. The van der Waals surface area contributed by atoms with Crippen LogP contribution in [0.1, 0.15) is 32.4 Å². The summed E-state index contributed by atoms with van der Waals surface area (Å²) in [5.74, 6) is 0.137. The van der Waals surface area contributed by atoms with Crippen molar-refractivity contribution in [3.05, 3.63) is 21.0 Å². The second-order valence-electron chi connectivity index (χ2n) is 4.95. The first-order chi connectivity index (χ1) is 10.1. The van der Waals surface area contributed by atoms with E-state index in [-0.39, 0.29) is 5.91 Å². The van der Waals surface area contributed by atoms with Gasteiger partial charge in [0.1, 0.15) is 15.7 Å². The number of aromatic nitrogens is 2. The van der Waals surface area contributed by atoms with Gasteiger partial charge in [-0.05, 0) is 19.8 Å². The summed E-state index contributed by atoms with van der Waals surface area (Å²) in [5.41, 5.74) is 5.88. The third-order valence-corrected chi connectivity index (χ3v) is 5.34. The highest BCUT2D eigenvalue weighted by Crippen LogP contribution is 2.30. The van der Waals surface area contributed by atoms with E-state index in [0.29, 0.717) is 17.2 Å². The SMILES string of the molecule is Cc1cnc(CNC(=O)c2sc(N3CCCC3)nc2N)s1. The van der Waals surface area contributed by atoms with Crippen molar-refractivity contribution >= 4 is 39.5 Å². The molecule has 3 rings (SSSR count). The van der Waals surface area contributed by atoms with Crippen LogP contribution in [0, 0.1) is 6.92 Å². The predicted octanol–water partition coefficient (Wildman–Crippen LogP) is 2.02. The first kappa shape index (κ1) is 14.3. The van der Waals surface area contributed by atoms with E-state index in [2.05, 4.69) is 20.2 Å². The topological polar surface area (TPSA) is 84.1 Å². The van der Waals surface area contributed by atoms with E-state index in [4.69, 9.17) is 5.73 Å². The lowest BCUT2D eigenvalue weighted by atomic mass is 10.4. The molecule has 0 unspecified atom stereocenters. The normalized spacial score (nSPS) is 14.6. The average molecular weight is 323 g/mol. The van der Waals surface area contributed by atoms with Crippen LogP contribution in [0.4, 0.5) is 10.9 Å². The van der Waals surface area contributed by atoms with Crippen molar-refractivity contribution < 1.29 is 4.79 Å². The number of nitrogens with one attached hydrogen (secondary N) is 1. The zero-order valence-electron chi connectivity index (χ0n) is 11.8. The third kappa shape index (κ3) is 3.16. The monoisotopic (exact) mass is 323 g/mol. The molecule has 8 heteroatoms. The Bertz CT molecular complexity index is 645. The van der Waals surface area contributed by atoms with Gasteiger partial charge in [0.25, 0.3) is 5.91 Å². The number of thiazole rings is 2. The molecular weight excluding hydrogens is 306 g/mol. The number of hydrogen-bond donors (Lipinski definition) is 2. The zero-order chi connectivity index (χ0) is 14.8. The minimum absolute atomic E-state index is 0.178. The molecule has 0 atom stereocenters. The molecule has 6 nitrogen and oxygen atoms in total. The number of nitrogen functional groups attached to an aromatic ring is 1.